The highest BCUT2D eigenvalue weighted by Crippen LogP contribution is 2.34. The van der Waals surface area contributed by atoms with Crippen LogP contribution in [0.5, 0.6) is 0 Å². The molecule has 0 aliphatic carbocycles. The van der Waals surface area contributed by atoms with Gasteiger partial charge in [-0.25, -0.2) is 0 Å². The molecular weight excluding hydrogens is 348 g/mol. The molecule has 2 rings (SSSR count). The van der Waals surface area contributed by atoms with Crippen LogP contribution in [0.3, 0.4) is 0 Å². The van der Waals surface area contributed by atoms with Crippen LogP contribution >= 0.6 is 22.7 Å². The summed E-state index contributed by atoms with van der Waals surface area (Å²) in [5.41, 5.74) is 0. The minimum atomic E-state index is -0.262. The topological polar surface area (TPSA) is 37.3 Å². The van der Waals surface area contributed by atoms with Crippen molar-refractivity contribution in [3.63, 3.8) is 0 Å². The average Bonchev–Trinajstić information content (AvgIpc) is 3.24. The number of rotatable bonds is 10. The summed E-state index contributed by atoms with van der Waals surface area (Å²) in [7, 11) is 0. The lowest BCUT2D eigenvalue weighted by molar-refractivity contribution is 0.0970. The van der Waals surface area contributed by atoms with Gasteiger partial charge in [0.15, 0.2) is 5.78 Å². The maximum atomic E-state index is 12.3. The van der Waals surface area contributed by atoms with Crippen molar-refractivity contribution >= 4 is 28.5 Å². The van der Waals surface area contributed by atoms with Gasteiger partial charge in [-0.15, -0.1) is 28.6 Å². The van der Waals surface area contributed by atoms with E-state index < -0.39 is 0 Å². The van der Waals surface area contributed by atoms with Crippen molar-refractivity contribution in [3.8, 4) is 21.6 Å². The van der Waals surface area contributed by atoms with Crippen LogP contribution < -0.4 is 0 Å². The highest BCUT2D eigenvalue weighted by atomic mass is 32.1. The maximum absolute atomic E-state index is 12.3. The number of aliphatic hydroxyl groups is 1. The van der Waals surface area contributed by atoms with Crippen LogP contribution in [-0.4, -0.2) is 17.0 Å². The van der Waals surface area contributed by atoms with Gasteiger partial charge < -0.3 is 5.11 Å². The second kappa shape index (κ2) is 10.6. The van der Waals surface area contributed by atoms with Gasteiger partial charge in [-0.3, -0.25) is 4.79 Å². The molecule has 0 spiro atoms. The van der Waals surface area contributed by atoms with E-state index in [0.717, 1.165) is 45.2 Å². The fourth-order valence-electron chi connectivity index (χ4n) is 2.68. The van der Waals surface area contributed by atoms with Crippen LogP contribution in [-0.2, 0) is 0 Å². The Kier molecular flexibility index (Phi) is 8.40. The zero-order chi connectivity index (χ0) is 18.1. The SMILES string of the molecule is CC#Cc1ccc(-c2ccc(C(=O)CCC[C@@H](O)CCCCC)s2)s1. The molecule has 2 aromatic rings. The van der Waals surface area contributed by atoms with E-state index in [4.69, 9.17) is 0 Å². The first-order valence-corrected chi connectivity index (χ1v) is 10.6. The molecule has 2 nitrogen and oxygen atoms in total. The summed E-state index contributed by atoms with van der Waals surface area (Å²) in [5, 5.41) is 9.94. The third kappa shape index (κ3) is 6.43. The normalized spacial score (nSPS) is 11.8. The Morgan fingerprint density at radius 3 is 2.56 bits per heavy atom. The molecule has 4 heteroatoms. The lowest BCUT2D eigenvalue weighted by atomic mass is 10.0. The molecule has 0 aromatic carbocycles. The van der Waals surface area contributed by atoms with E-state index in [0.29, 0.717) is 6.42 Å². The van der Waals surface area contributed by atoms with Gasteiger partial charge in [0.1, 0.15) is 0 Å². The minimum Gasteiger partial charge on any atom is -0.393 e. The number of aliphatic hydroxyl groups excluding tert-OH is 1. The average molecular weight is 375 g/mol. The lowest BCUT2D eigenvalue weighted by Gasteiger charge is -2.09. The molecule has 0 saturated heterocycles. The number of Topliss-reactive ketones (excluding diaryl/α,β-unsaturated/α-hetero) is 1. The Labute approximate surface area is 158 Å². The largest absolute Gasteiger partial charge is 0.393 e. The van der Waals surface area contributed by atoms with E-state index in [1.165, 1.54) is 12.8 Å². The predicted octanol–water partition coefficient (Wildman–Crippen LogP) is 6.14. The molecular formula is C21H26O2S2. The molecule has 1 N–H and O–H groups in total. The molecule has 2 heterocycles. The minimum absolute atomic E-state index is 0.183. The third-order valence-corrected chi connectivity index (χ3v) is 6.38. The second-order valence-corrected chi connectivity index (χ2v) is 8.34. The molecule has 134 valence electrons. The number of hydrogen-bond acceptors (Lipinski definition) is 4. The number of hydrogen-bond donors (Lipinski definition) is 1. The standard InChI is InChI=1S/C21H26O2S2/c1-3-5-6-9-16(22)10-7-11-18(23)19-14-15-21(25-19)20-13-12-17(24-20)8-4-2/h12-16,22H,3,5-7,9-11H2,1-2H3/t16-/m0/s1. The van der Waals surface area contributed by atoms with Crippen molar-refractivity contribution in [2.75, 3.05) is 0 Å². The Morgan fingerprint density at radius 1 is 1.08 bits per heavy atom. The van der Waals surface area contributed by atoms with Gasteiger partial charge in [-0.1, -0.05) is 32.1 Å². The maximum Gasteiger partial charge on any atom is 0.172 e. The van der Waals surface area contributed by atoms with Gasteiger partial charge in [0.05, 0.1) is 15.9 Å². The van der Waals surface area contributed by atoms with Crippen LogP contribution in [0.1, 0.15) is 73.3 Å². The van der Waals surface area contributed by atoms with Gasteiger partial charge in [-0.05, 0) is 50.5 Å². The van der Waals surface area contributed by atoms with Crippen LogP contribution in [0.15, 0.2) is 24.3 Å². The molecule has 25 heavy (non-hydrogen) atoms. The van der Waals surface area contributed by atoms with Crippen molar-refractivity contribution in [3.05, 3.63) is 34.0 Å². The molecule has 2 aromatic heterocycles. The smallest absolute Gasteiger partial charge is 0.172 e. The quantitative estimate of drug-likeness (QED) is 0.308. The Bertz CT molecular complexity index is 730. The first kappa shape index (κ1) is 19.9. The Hall–Kier alpha value is -1.41. The van der Waals surface area contributed by atoms with Crippen molar-refractivity contribution in [1.29, 1.82) is 0 Å². The summed E-state index contributed by atoms with van der Waals surface area (Å²) >= 11 is 3.21. The fourth-order valence-corrected chi connectivity index (χ4v) is 4.65. The van der Waals surface area contributed by atoms with Gasteiger partial charge in [-0.2, -0.15) is 0 Å². The molecule has 0 unspecified atom stereocenters. The van der Waals surface area contributed by atoms with Crippen molar-refractivity contribution in [2.45, 2.75) is 64.9 Å². The summed E-state index contributed by atoms with van der Waals surface area (Å²) in [6.07, 6.45) is 6.00. The van der Waals surface area contributed by atoms with Gasteiger partial charge in [0.2, 0.25) is 0 Å². The summed E-state index contributed by atoms with van der Waals surface area (Å²) < 4.78 is 0. The first-order valence-electron chi connectivity index (χ1n) is 8.98. The van der Waals surface area contributed by atoms with E-state index in [-0.39, 0.29) is 11.9 Å². The van der Waals surface area contributed by atoms with Crippen LogP contribution in [0.2, 0.25) is 0 Å². The summed E-state index contributed by atoms with van der Waals surface area (Å²) in [6.45, 7) is 4.00. The Balaban J connectivity index is 1.82. The van der Waals surface area contributed by atoms with Crippen molar-refractivity contribution in [1.82, 2.24) is 0 Å². The first-order chi connectivity index (χ1) is 12.1. The molecule has 1 atom stereocenters. The van der Waals surface area contributed by atoms with Crippen molar-refractivity contribution in [2.24, 2.45) is 0 Å². The second-order valence-electron chi connectivity index (χ2n) is 6.17. The molecule has 0 amide bonds. The summed E-state index contributed by atoms with van der Waals surface area (Å²) in [6, 6.07) is 8.03. The van der Waals surface area contributed by atoms with E-state index in [1.807, 2.05) is 25.1 Å². The number of carbonyl (C=O) groups excluding carboxylic acids is 1. The van der Waals surface area contributed by atoms with Crippen LogP contribution in [0, 0.1) is 11.8 Å². The Morgan fingerprint density at radius 2 is 1.80 bits per heavy atom. The van der Waals surface area contributed by atoms with Gasteiger partial charge >= 0.3 is 0 Å². The molecule has 0 radical (unpaired) electrons. The van der Waals surface area contributed by atoms with E-state index in [1.54, 1.807) is 22.7 Å². The highest BCUT2D eigenvalue weighted by Gasteiger charge is 2.12. The monoisotopic (exact) mass is 374 g/mol. The van der Waals surface area contributed by atoms with Gasteiger partial charge in [0, 0.05) is 16.2 Å². The van der Waals surface area contributed by atoms with E-state index in [2.05, 4.69) is 24.8 Å². The molecule has 0 aliphatic heterocycles. The molecule has 0 fully saturated rings. The summed E-state index contributed by atoms with van der Waals surface area (Å²) in [5.74, 6) is 6.16. The van der Waals surface area contributed by atoms with E-state index >= 15 is 0 Å². The lowest BCUT2D eigenvalue weighted by Crippen LogP contribution is -2.07. The summed E-state index contributed by atoms with van der Waals surface area (Å²) in [4.78, 5) is 16.5. The third-order valence-electron chi connectivity index (χ3n) is 4.06. The number of thiophene rings is 2. The zero-order valence-corrected chi connectivity index (χ0v) is 16.6. The molecule has 0 bridgehead atoms. The number of unbranched alkanes of at least 4 members (excludes halogenated alkanes) is 2. The van der Waals surface area contributed by atoms with Crippen LogP contribution in [0.4, 0.5) is 0 Å². The predicted molar refractivity (Wildman–Crippen MR) is 109 cm³/mol. The zero-order valence-electron chi connectivity index (χ0n) is 15.0. The van der Waals surface area contributed by atoms with E-state index in [9.17, 15) is 9.90 Å². The molecule has 0 aliphatic rings. The van der Waals surface area contributed by atoms with Gasteiger partial charge in [0.25, 0.3) is 0 Å². The number of ketones is 1. The van der Waals surface area contributed by atoms with Crippen LogP contribution in [0.25, 0.3) is 9.75 Å². The highest BCUT2D eigenvalue weighted by molar-refractivity contribution is 7.23. The van der Waals surface area contributed by atoms with Crippen molar-refractivity contribution < 1.29 is 9.90 Å². The molecule has 0 saturated carbocycles. The number of carbonyl (C=O) groups is 1. The fraction of sp³-hybridized carbons (Fsp3) is 0.476.